The minimum Gasteiger partial charge on any atom is -0.481 e. The van der Waals surface area contributed by atoms with Gasteiger partial charge < -0.3 is 14.7 Å². The zero-order chi connectivity index (χ0) is 13.7. The van der Waals surface area contributed by atoms with Crippen molar-refractivity contribution in [2.45, 2.75) is 12.5 Å². The van der Waals surface area contributed by atoms with E-state index in [1.54, 1.807) is 0 Å². The molecule has 0 aromatic carbocycles. The van der Waals surface area contributed by atoms with Crippen molar-refractivity contribution in [1.29, 1.82) is 0 Å². The number of rotatable bonds is 3. The van der Waals surface area contributed by atoms with Crippen LogP contribution in [-0.2, 0) is 9.53 Å². The monoisotopic (exact) mass is 267 g/mol. The maximum atomic E-state index is 12.0. The third-order valence-electron chi connectivity index (χ3n) is 2.60. The van der Waals surface area contributed by atoms with Crippen LogP contribution in [0.5, 0.6) is 0 Å². The van der Waals surface area contributed by atoms with E-state index in [0.29, 0.717) is 13.2 Å². The van der Waals surface area contributed by atoms with E-state index in [0.717, 1.165) is 0 Å². The van der Waals surface area contributed by atoms with E-state index in [9.17, 15) is 9.59 Å². The lowest BCUT2D eigenvalue weighted by Gasteiger charge is -2.34. The summed E-state index contributed by atoms with van der Waals surface area (Å²) in [4.78, 5) is 28.0. The second-order valence-corrected chi connectivity index (χ2v) is 3.92. The van der Waals surface area contributed by atoms with Crippen LogP contribution in [0.2, 0.25) is 0 Å². The number of aliphatic carboxylic acids is 1. The number of nitrogens with one attached hydrogen (secondary N) is 1. The molecule has 1 atom stereocenters. The molecule has 1 aromatic heterocycles. The van der Waals surface area contributed by atoms with Gasteiger partial charge in [0.25, 0.3) is 5.95 Å². The number of carbonyl (C=O) groups excluding carboxylic acids is 1. The van der Waals surface area contributed by atoms with Gasteiger partial charge >= 0.3 is 12.0 Å². The lowest BCUT2D eigenvalue weighted by molar-refractivity contribution is -0.139. The van der Waals surface area contributed by atoms with Crippen molar-refractivity contribution in [2.24, 2.45) is 0 Å². The first-order chi connectivity index (χ1) is 9.16. The Morgan fingerprint density at radius 3 is 3.05 bits per heavy atom. The minimum atomic E-state index is -0.981. The quantitative estimate of drug-likeness (QED) is 0.763. The number of hydrogen-bond acceptors (Lipinski definition) is 6. The maximum absolute atomic E-state index is 12.0. The van der Waals surface area contributed by atoms with Crippen LogP contribution >= 0.6 is 0 Å². The highest BCUT2D eigenvalue weighted by Crippen LogP contribution is 2.12. The fraction of sp³-hybridized carbons (Fsp3) is 0.500. The highest BCUT2D eigenvalue weighted by Gasteiger charge is 2.29. The Labute approximate surface area is 108 Å². The molecule has 1 unspecified atom stereocenters. The number of hydrogen-bond donors (Lipinski definition) is 2. The number of urea groups is 1. The molecule has 1 fully saturated rings. The fourth-order valence-corrected chi connectivity index (χ4v) is 1.77. The predicted molar refractivity (Wildman–Crippen MR) is 62.4 cm³/mol. The van der Waals surface area contributed by atoms with Crippen LogP contribution in [0, 0.1) is 0 Å². The van der Waals surface area contributed by atoms with Crippen molar-refractivity contribution in [3.05, 3.63) is 12.4 Å². The Balaban J connectivity index is 2.01. The first kappa shape index (κ1) is 13.1. The summed E-state index contributed by atoms with van der Waals surface area (Å²) in [6, 6.07) is -0.953. The standard InChI is InChI=1S/C10H13N5O4/c16-8(17)5-7-6-19-4-3-15(7)10(18)13-9-11-1-2-12-14-9/h1-2,7H,3-6H2,(H,16,17)(H,11,13,14,18). The number of ether oxygens (including phenoxy) is 1. The molecule has 0 spiro atoms. The molecule has 9 heteroatoms. The Kier molecular flexibility index (Phi) is 4.18. The van der Waals surface area contributed by atoms with Crippen LogP contribution in [0.4, 0.5) is 10.7 Å². The van der Waals surface area contributed by atoms with Gasteiger partial charge in [0.15, 0.2) is 0 Å². The van der Waals surface area contributed by atoms with E-state index in [1.807, 2.05) is 0 Å². The third-order valence-corrected chi connectivity index (χ3v) is 2.60. The van der Waals surface area contributed by atoms with Gasteiger partial charge in [-0.1, -0.05) is 0 Å². The number of amides is 2. The third kappa shape index (κ3) is 3.58. The number of carboxylic acids is 1. The average molecular weight is 267 g/mol. The van der Waals surface area contributed by atoms with Gasteiger partial charge in [0, 0.05) is 6.54 Å². The van der Waals surface area contributed by atoms with Crippen LogP contribution in [0.15, 0.2) is 12.4 Å². The summed E-state index contributed by atoms with van der Waals surface area (Å²) < 4.78 is 5.18. The molecule has 2 rings (SSSR count). The summed E-state index contributed by atoms with van der Waals surface area (Å²) >= 11 is 0. The molecule has 19 heavy (non-hydrogen) atoms. The zero-order valence-corrected chi connectivity index (χ0v) is 10.0. The number of morpholine rings is 1. The van der Waals surface area contributed by atoms with Crippen molar-refractivity contribution < 1.29 is 19.4 Å². The summed E-state index contributed by atoms with van der Waals surface area (Å²) in [6.45, 7) is 0.898. The Bertz CT molecular complexity index is 454. The van der Waals surface area contributed by atoms with Crippen LogP contribution in [0.25, 0.3) is 0 Å². The normalized spacial score (nSPS) is 18.9. The molecule has 1 saturated heterocycles. The summed E-state index contributed by atoms with van der Waals surface area (Å²) in [5.41, 5.74) is 0. The van der Waals surface area contributed by atoms with Crippen molar-refractivity contribution >= 4 is 17.9 Å². The first-order valence-electron chi connectivity index (χ1n) is 5.67. The highest BCUT2D eigenvalue weighted by molar-refractivity contribution is 5.88. The molecular weight excluding hydrogens is 254 g/mol. The lowest BCUT2D eigenvalue weighted by Crippen LogP contribution is -2.51. The molecule has 2 N–H and O–H groups in total. The number of anilines is 1. The van der Waals surface area contributed by atoms with Gasteiger partial charge in [0.2, 0.25) is 0 Å². The summed E-state index contributed by atoms with van der Waals surface area (Å²) in [7, 11) is 0. The molecule has 0 saturated carbocycles. The summed E-state index contributed by atoms with van der Waals surface area (Å²) in [5.74, 6) is -0.904. The van der Waals surface area contributed by atoms with Crippen molar-refractivity contribution in [3.8, 4) is 0 Å². The summed E-state index contributed by atoms with van der Waals surface area (Å²) in [5, 5.41) is 18.5. The van der Waals surface area contributed by atoms with Crippen molar-refractivity contribution in [2.75, 3.05) is 25.1 Å². The van der Waals surface area contributed by atoms with Gasteiger partial charge in [-0.25, -0.2) is 9.78 Å². The largest absolute Gasteiger partial charge is 0.481 e. The molecule has 1 aliphatic heterocycles. The topological polar surface area (TPSA) is 118 Å². The van der Waals surface area contributed by atoms with Crippen LogP contribution in [-0.4, -0.2) is 63.0 Å². The van der Waals surface area contributed by atoms with E-state index in [4.69, 9.17) is 9.84 Å². The minimum absolute atomic E-state index is 0.0769. The van der Waals surface area contributed by atoms with Crippen molar-refractivity contribution in [3.63, 3.8) is 0 Å². The predicted octanol–water partition coefficient (Wildman–Crippen LogP) is -0.421. The zero-order valence-electron chi connectivity index (χ0n) is 10.0. The maximum Gasteiger partial charge on any atom is 0.324 e. The van der Waals surface area contributed by atoms with Crippen LogP contribution in [0.3, 0.4) is 0 Å². The lowest BCUT2D eigenvalue weighted by atomic mass is 10.1. The van der Waals surface area contributed by atoms with Gasteiger partial charge in [-0.3, -0.25) is 10.1 Å². The summed E-state index contributed by atoms with van der Waals surface area (Å²) in [6.07, 6.45) is 2.62. The molecule has 0 aliphatic carbocycles. The van der Waals surface area contributed by atoms with Crippen LogP contribution in [0.1, 0.15) is 6.42 Å². The number of nitrogens with zero attached hydrogens (tertiary/aromatic N) is 4. The first-order valence-corrected chi connectivity index (χ1v) is 5.67. The molecule has 0 radical (unpaired) electrons. The number of carboxylic acid groups (broad SMARTS) is 1. The number of aromatic nitrogens is 3. The molecule has 0 bridgehead atoms. The molecule has 102 valence electrons. The Morgan fingerprint density at radius 2 is 2.37 bits per heavy atom. The van der Waals surface area contributed by atoms with E-state index in [-0.39, 0.29) is 19.0 Å². The van der Waals surface area contributed by atoms with E-state index in [1.165, 1.54) is 17.3 Å². The van der Waals surface area contributed by atoms with Crippen LogP contribution < -0.4 is 5.32 Å². The molecule has 1 aliphatic rings. The van der Waals surface area contributed by atoms with E-state index < -0.39 is 18.0 Å². The van der Waals surface area contributed by atoms with Gasteiger partial charge in [-0.15, -0.1) is 5.10 Å². The second kappa shape index (κ2) is 6.05. The second-order valence-electron chi connectivity index (χ2n) is 3.92. The highest BCUT2D eigenvalue weighted by atomic mass is 16.5. The Morgan fingerprint density at radius 1 is 1.53 bits per heavy atom. The van der Waals surface area contributed by atoms with Crippen molar-refractivity contribution in [1.82, 2.24) is 20.1 Å². The Hall–Kier alpha value is -2.29. The van der Waals surface area contributed by atoms with E-state index in [2.05, 4.69) is 20.5 Å². The van der Waals surface area contributed by atoms with E-state index >= 15 is 0 Å². The van der Waals surface area contributed by atoms with Gasteiger partial charge in [0.1, 0.15) is 0 Å². The van der Waals surface area contributed by atoms with Gasteiger partial charge in [-0.05, 0) is 0 Å². The molecule has 2 amide bonds. The molecular formula is C10H13N5O4. The molecule has 9 nitrogen and oxygen atoms in total. The van der Waals surface area contributed by atoms with Gasteiger partial charge in [0.05, 0.1) is 38.1 Å². The SMILES string of the molecule is O=C(O)CC1COCCN1C(=O)Nc1nccnn1. The number of carbonyl (C=O) groups is 2. The smallest absolute Gasteiger partial charge is 0.324 e. The fourth-order valence-electron chi connectivity index (χ4n) is 1.77. The average Bonchev–Trinajstić information content (AvgIpc) is 2.39. The molecule has 2 heterocycles. The molecule has 1 aromatic rings. The van der Waals surface area contributed by atoms with Gasteiger partial charge in [-0.2, -0.15) is 5.10 Å².